The van der Waals surface area contributed by atoms with Crippen molar-refractivity contribution in [2.45, 2.75) is 13.0 Å². The Hall–Kier alpha value is -3.66. The number of nitrogens with zero attached hydrogens (tertiary/aromatic N) is 3. The summed E-state index contributed by atoms with van der Waals surface area (Å²) < 4.78 is 2.39. The molecule has 3 aromatic heterocycles. The lowest BCUT2D eigenvalue weighted by Crippen LogP contribution is -2.26. The molecule has 0 saturated heterocycles. The standard InChI is InChI=1S/C19H20N8OS/c1-27-16(19(28)25-10-12-9-24-5-3-11(12)7-21)14(8-22)17-18(27)26-15(29-17)6-13(23)2-4-20/h2-5,7-9,21-23H,6,10,20H2,1H3,(H,25,28)/b4-2-,21-7?,22-8?,23-13?. The van der Waals surface area contributed by atoms with E-state index in [0.717, 1.165) is 21.5 Å². The van der Waals surface area contributed by atoms with Gasteiger partial charge >= 0.3 is 0 Å². The minimum absolute atomic E-state index is 0.217. The highest BCUT2D eigenvalue weighted by Gasteiger charge is 2.23. The summed E-state index contributed by atoms with van der Waals surface area (Å²) in [4.78, 5) is 21.4. The molecule has 148 valence electrons. The molecule has 0 aliphatic carbocycles. The highest BCUT2D eigenvalue weighted by atomic mass is 32.1. The molecule has 0 bridgehead atoms. The van der Waals surface area contributed by atoms with Gasteiger partial charge in [-0.3, -0.25) is 9.78 Å². The summed E-state index contributed by atoms with van der Waals surface area (Å²) in [6, 6.07) is 1.71. The fourth-order valence-electron chi connectivity index (χ4n) is 2.96. The average molecular weight is 408 g/mol. The summed E-state index contributed by atoms with van der Waals surface area (Å²) in [7, 11) is 1.73. The zero-order valence-corrected chi connectivity index (χ0v) is 16.5. The summed E-state index contributed by atoms with van der Waals surface area (Å²) >= 11 is 1.36. The number of aryl methyl sites for hydroxylation is 1. The van der Waals surface area contributed by atoms with Crippen LogP contribution in [0.5, 0.6) is 0 Å². The molecule has 0 radical (unpaired) electrons. The summed E-state index contributed by atoms with van der Waals surface area (Å²) in [6.45, 7) is 0.217. The first-order valence-corrected chi connectivity index (χ1v) is 9.47. The van der Waals surface area contributed by atoms with Crippen LogP contribution in [0.15, 0.2) is 30.7 Å². The van der Waals surface area contributed by atoms with Crippen molar-refractivity contribution in [3.05, 3.63) is 58.1 Å². The molecule has 0 spiro atoms. The number of pyridine rings is 1. The first-order valence-electron chi connectivity index (χ1n) is 8.66. The molecule has 3 rings (SSSR count). The zero-order chi connectivity index (χ0) is 21.0. The lowest BCUT2D eigenvalue weighted by molar-refractivity contribution is 0.0943. The number of allylic oxidation sites excluding steroid dienone is 1. The summed E-state index contributed by atoms with van der Waals surface area (Å²) in [6.07, 6.45) is 8.72. The Bertz CT molecular complexity index is 1140. The fraction of sp³-hybridized carbons (Fsp3) is 0.158. The van der Waals surface area contributed by atoms with E-state index in [4.69, 9.17) is 22.0 Å². The molecule has 0 unspecified atom stereocenters. The van der Waals surface area contributed by atoms with Crippen molar-refractivity contribution in [1.29, 1.82) is 16.2 Å². The monoisotopic (exact) mass is 408 g/mol. The molecular weight excluding hydrogens is 388 g/mol. The number of nitrogens with two attached hydrogens (primary N) is 1. The van der Waals surface area contributed by atoms with E-state index in [1.807, 2.05) is 0 Å². The van der Waals surface area contributed by atoms with Gasteiger partial charge in [-0.05, 0) is 23.9 Å². The van der Waals surface area contributed by atoms with Crippen molar-refractivity contribution in [2.24, 2.45) is 12.8 Å². The van der Waals surface area contributed by atoms with Gasteiger partial charge in [-0.15, -0.1) is 11.3 Å². The van der Waals surface area contributed by atoms with Gasteiger partial charge in [0.15, 0.2) is 5.65 Å². The Morgan fingerprint density at radius 1 is 1.38 bits per heavy atom. The van der Waals surface area contributed by atoms with Gasteiger partial charge in [0, 0.05) is 61.7 Å². The quantitative estimate of drug-likeness (QED) is 0.361. The van der Waals surface area contributed by atoms with Gasteiger partial charge < -0.3 is 31.8 Å². The second kappa shape index (κ2) is 8.57. The van der Waals surface area contributed by atoms with Crippen LogP contribution in [0, 0.1) is 16.2 Å². The van der Waals surface area contributed by atoms with Crippen molar-refractivity contribution in [2.75, 3.05) is 0 Å². The van der Waals surface area contributed by atoms with Gasteiger partial charge in [0.2, 0.25) is 0 Å². The van der Waals surface area contributed by atoms with E-state index in [9.17, 15) is 4.79 Å². The Morgan fingerprint density at radius 3 is 2.86 bits per heavy atom. The number of carbonyl (C=O) groups excluding carboxylic acids is 1. The molecule has 0 aliphatic heterocycles. The number of fused-ring (bicyclic) bond motifs is 1. The van der Waals surface area contributed by atoms with Crippen molar-refractivity contribution in [1.82, 2.24) is 19.9 Å². The van der Waals surface area contributed by atoms with Crippen LogP contribution in [0.1, 0.15) is 32.2 Å². The molecule has 9 nitrogen and oxygen atoms in total. The maximum atomic E-state index is 12.8. The number of nitrogens with one attached hydrogen (secondary N) is 4. The number of carbonyl (C=O) groups is 1. The van der Waals surface area contributed by atoms with Crippen molar-refractivity contribution in [3.63, 3.8) is 0 Å². The third kappa shape index (κ3) is 3.97. The summed E-state index contributed by atoms with van der Waals surface area (Å²) in [5, 5.41) is 26.6. The van der Waals surface area contributed by atoms with E-state index < -0.39 is 0 Å². The first-order chi connectivity index (χ1) is 14.0. The number of hydrogen-bond acceptors (Lipinski definition) is 8. The highest BCUT2D eigenvalue weighted by molar-refractivity contribution is 7.19. The molecule has 0 aromatic carbocycles. The molecule has 3 heterocycles. The van der Waals surface area contributed by atoms with Crippen molar-refractivity contribution >= 4 is 45.7 Å². The van der Waals surface area contributed by atoms with Gasteiger partial charge in [0.25, 0.3) is 5.91 Å². The predicted octanol–water partition coefficient (Wildman–Crippen LogP) is 1.99. The molecular formula is C19H20N8OS. The number of rotatable bonds is 8. The fourth-order valence-corrected chi connectivity index (χ4v) is 4.09. The highest BCUT2D eigenvalue weighted by Crippen LogP contribution is 2.30. The van der Waals surface area contributed by atoms with Crippen molar-refractivity contribution in [3.8, 4) is 0 Å². The molecule has 0 aliphatic rings. The smallest absolute Gasteiger partial charge is 0.268 e. The number of hydrogen-bond donors (Lipinski definition) is 5. The molecule has 29 heavy (non-hydrogen) atoms. The summed E-state index contributed by atoms with van der Waals surface area (Å²) in [5.74, 6) is -0.337. The third-order valence-corrected chi connectivity index (χ3v) is 5.42. The molecule has 0 atom stereocenters. The Balaban J connectivity index is 1.88. The SMILES string of the molecule is Cn1c(C(=O)NCc2cnccc2C=N)c(C=N)c2sc(CC(=N)/C=C\N)nc21. The van der Waals surface area contributed by atoms with Gasteiger partial charge in [-0.25, -0.2) is 4.98 Å². The largest absolute Gasteiger partial charge is 0.405 e. The first kappa shape index (κ1) is 20.1. The van der Waals surface area contributed by atoms with Gasteiger partial charge in [0.05, 0.1) is 4.70 Å². The summed E-state index contributed by atoms with van der Waals surface area (Å²) in [5.41, 5.74) is 8.49. The second-order valence-electron chi connectivity index (χ2n) is 6.19. The normalized spacial score (nSPS) is 11.1. The molecule has 6 N–H and O–H groups in total. The van der Waals surface area contributed by atoms with Gasteiger partial charge in [-0.2, -0.15) is 0 Å². The van der Waals surface area contributed by atoms with Crippen LogP contribution in [-0.2, 0) is 20.0 Å². The van der Waals surface area contributed by atoms with E-state index in [1.165, 1.54) is 29.8 Å². The zero-order valence-electron chi connectivity index (χ0n) is 15.7. The van der Waals surface area contributed by atoms with Crippen LogP contribution in [-0.4, -0.2) is 38.6 Å². The number of aromatic nitrogens is 3. The maximum absolute atomic E-state index is 12.8. The lowest BCUT2D eigenvalue weighted by Gasteiger charge is -2.09. The number of thiazole rings is 1. The molecule has 10 heteroatoms. The van der Waals surface area contributed by atoms with E-state index in [-0.39, 0.29) is 12.5 Å². The minimum Gasteiger partial charge on any atom is -0.405 e. The molecule has 3 aromatic rings. The van der Waals surface area contributed by atoms with Gasteiger partial charge in [-0.1, -0.05) is 0 Å². The van der Waals surface area contributed by atoms with E-state index >= 15 is 0 Å². The topological polar surface area (TPSA) is 157 Å². The van der Waals surface area contributed by atoms with E-state index in [0.29, 0.717) is 34.6 Å². The molecule has 0 saturated carbocycles. The van der Waals surface area contributed by atoms with Crippen LogP contribution in [0.25, 0.3) is 10.3 Å². The van der Waals surface area contributed by atoms with E-state index in [1.54, 1.807) is 30.1 Å². The van der Waals surface area contributed by atoms with Crippen LogP contribution in [0.2, 0.25) is 0 Å². The minimum atomic E-state index is -0.337. The van der Waals surface area contributed by atoms with Crippen LogP contribution < -0.4 is 11.1 Å². The second-order valence-corrected chi connectivity index (χ2v) is 7.27. The molecule has 1 amide bonds. The van der Waals surface area contributed by atoms with Crippen LogP contribution in [0.4, 0.5) is 0 Å². The maximum Gasteiger partial charge on any atom is 0.268 e. The predicted molar refractivity (Wildman–Crippen MR) is 115 cm³/mol. The van der Waals surface area contributed by atoms with Crippen LogP contribution >= 0.6 is 11.3 Å². The Kier molecular flexibility index (Phi) is 5.93. The number of amides is 1. The average Bonchev–Trinajstić information content (AvgIpc) is 3.23. The Labute approximate surface area is 170 Å². The van der Waals surface area contributed by atoms with E-state index in [2.05, 4.69) is 15.3 Å². The molecule has 0 fully saturated rings. The Morgan fingerprint density at radius 2 is 2.17 bits per heavy atom. The lowest BCUT2D eigenvalue weighted by atomic mass is 10.1. The van der Waals surface area contributed by atoms with Crippen LogP contribution in [0.3, 0.4) is 0 Å². The van der Waals surface area contributed by atoms with Crippen molar-refractivity contribution < 1.29 is 4.79 Å². The van der Waals surface area contributed by atoms with Gasteiger partial charge in [0.1, 0.15) is 10.7 Å². The third-order valence-electron chi connectivity index (χ3n) is 4.34.